The lowest BCUT2D eigenvalue weighted by atomic mass is 10.1. The normalized spacial score (nSPS) is 10.7. The minimum Gasteiger partial charge on any atom is -0.422 e. The van der Waals surface area contributed by atoms with Crippen molar-refractivity contribution in [3.63, 3.8) is 0 Å². The van der Waals surface area contributed by atoms with Gasteiger partial charge in [0.25, 0.3) is 0 Å². The molecule has 0 saturated heterocycles. The number of carbonyl (C=O) groups excluding carboxylic acids is 1. The van der Waals surface area contributed by atoms with Crippen LogP contribution in [0.25, 0.3) is 11.0 Å². The number of nitrogens with two attached hydrogens (primary N) is 1. The van der Waals surface area contributed by atoms with E-state index in [0.29, 0.717) is 5.58 Å². The van der Waals surface area contributed by atoms with E-state index in [0.717, 1.165) is 17.4 Å². The van der Waals surface area contributed by atoms with Gasteiger partial charge in [0.05, 0.1) is 6.54 Å². The van der Waals surface area contributed by atoms with E-state index in [4.69, 9.17) is 10.2 Å². The molecule has 0 aliphatic carbocycles. The van der Waals surface area contributed by atoms with Crippen LogP contribution in [0.4, 0.5) is 0 Å². The van der Waals surface area contributed by atoms with Crippen molar-refractivity contribution >= 4 is 16.8 Å². The fourth-order valence-corrected chi connectivity index (χ4v) is 1.70. The summed E-state index contributed by atoms with van der Waals surface area (Å²) in [6.45, 7) is 1.84. The number of benzene rings is 1. The topological polar surface area (TPSA) is 73.3 Å². The summed E-state index contributed by atoms with van der Waals surface area (Å²) >= 11 is 0. The maximum atomic E-state index is 11.5. The minimum atomic E-state index is -0.628. The Morgan fingerprint density at radius 3 is 2.76 bits per heavy atom. The standard InChI is InChI=1S/C13H13NO3/c1-2-8-3-4-12-9(5-8)6-10(11(15)7-14)13(16)17-12/h3-6H,2,7,14H2,1H3. The molecule has 1 heterocycles. The van der Waals surface area contributed by atoms with Crippen LogP contribution in [0.15, 0.2) is 33.5 Å². The highest BCUT2D eigenvalue weighted by Gasteiger charge is 2.11. The summed E-state index contributed by atoms with van der Waals surface area (Å²) in [4.78, 5) is 23.0. The zero-order valence-electron chi connectivity index (χ0n) is 9.53. The van der Waals surface area contributed by atoms with E-state index in [1.54, 1.807) is 12.1 Å². The van der Waals surface area contributed by atoms with Gasteiger partial charge in [0.15, 0.2) is 5.78 Å². The van der Waals surface area contributed by atoms with Gasteiger partial charge in [-0.05, 0) is 30.2 Å². The van der Waals surface area contributed by atoms with Crippen LogP contribution >= 0.6 is 0 Å². The van der Waals surface area contributed by atoms with Crippen LogP contribution in [0.3, 0.4) is 0 Å². The second-order valence-electron chi connectivity index (χ2n) is 3.80. The van der Waals surface area contributed by atoms with Crippen molar-refractivity contribution in [1.29, 1.82) is 0 Å². The molecule has 0 fully saturated rings. The lowest BCUT2D eigenvalue weighted by molar-refractivity contribution is 0.0998. The van der Waals surface area contributed by atoms with E-state index in [-0.39, 0.29) is 12.1 Å². The van der Waals surface area contributed by atoms with E-state index >= 15 is 0 Å². The average molecular weight is 231 g/mol. The monoisotopic (exact) mass is 231 g/mol. The smallest absolute Gasteiger partial charge is 0.347 e. The summed E-state index contributed by atoms with van der Waals surface area (Å²) in [5.74, 6) is -0.400. The number of fused-ring (bicyclic) bond motifs is 1. The lowest BCUT2D eigenvalue weighted by Gasteiger charge is -2.02. The first-order valence-electron chi connectivity index (χ1n) is 5.45. The Kier molecular flexibility index (Phi) is 3.06. The van der Waals surface area contributed by atoms with Crippen LogP contribution in [0, 0.1) is 0 Å². The van der Waals surface area contributed by atoms with Crippen molar-refractivity contribution in [1.82, 2.24) is 0 Å². The van der Waals surface area contributed by atoms with Crippen LogP contribution in [0.5, 0.6) is 0 Å². The predicted octanol–water partition coefficient (Wildman–Crippen LogP) is 1.50. The Hall–Kier alpha value is -1.94. The molecule has 1 aromatic heterocycles. The largest absolute Gasteiger partial charge is 0.422 e. The molecule has 4 nitrogen and oxygen atoms in total. The molecule has 0 aliphatic heterocycles. The number of carbonyl (C=O) groups is 1. The van der Waals surface area contributed by atoms with E-state index in [1.165, 1.54) is 0 Å². The minimum absolute atomic E-state index is 0.0215. The molecule has 0 spiro atoms. The highest BCUT2D eigenvalue weighted by molar-refractivity contribution is 5.99. The van der Waals surface area contributed by atoms with Gasteiger partial charge in [-0.25, -0.2) is 4.79 Å². The third-order valence-corrected chi connectivity index (χ3v) is 2.69. The molecule has 0 bridgehead atoms. The van der Waals surface area contributed by atoms with Crippen LogP contribution in [0.1, 0.15) is 22.8 Å². The van der Waals surface area contributed by atoms with Gasteiger partial charge < -0.3 is 10.2 Å². The Bertz CT molecular complexity index is 628. The van der Waals surface area contributed by atoms with Crippen LogP contribution in [-0.2, 0) is 6.42 Å². The predicted molar refractivity (Wildman–Crippen MR) is 65.2 cm³/mol. The first-order chi connectivity index (χ1) is 8.15. The summed E-state index contributed by atoms with van der Waals surface area (Å²) in [5, 5.41) is 0.751. The van der Waals surface area contributed by atoms with Crippen molar-refractivity contribution in [2.75, 3.05) is 6.54 Å². The number of ketones is 1. The Morgan fingerprint density at radius 1 is 1.35 bits per heavy atom. The molecule has 0 aliphatic rings. The molecule has 4 heteroatoms. The third kappa shape index (κ3) is 2.12. The second kappa shape index (κ2) is 4.51. The van der Waals surface area contributed by atoms with Gasteiger partial charge >= 0.3 is 5.63 Å². The molecule has 88 valence electrons. The summed E-state index contributed by atoms with van der Waals surface area (Å²) in [7, 11) is 0. The van der Waals surface area contributed by atoms with Crippen molar-refractivity contribution < 1.29 is 9.21 Å². The molecular weight excluding hydrogens is 218 g/mol. The average Bonchev–Trinajstić information content (AvgIpc) is 2.36. The van der Waals surface area contributed by atoms with E-state index in [1.807, 2.05) is 19.1 Å². The van der Waals surface area contributed by atoms with Crippen LogP contribution in [0.2, 0.25) is 0 Å². The summed E-state index contributed by atoms with van der Waals surface area (Å²) < 4.78 is 5.08. The van der Waals surface area contributed by atoms with Gasteiger partial charge in [0.2, 0.25) is 0 Å². The highest BCUT2D eigenvalue weighted by Crippen LogP contribution is 2.16. The van der Waals surface area contributed by atoms with Gasteiger partial charge in [-0.1, -0.05) is 13.0 Å². The maximum absolute atomic E-state index is 11.5. The van der Waals surface area contributed by atoms with Crippen molar-refractivity contribution in [2.24, 2.45) is 5.73 Å². The summed E-state index contributed by atoms with van der Waals surface area (Å²) in [6, 6.07) is 7.10. The molecule has 2 rings (SSSR count). The Morgan fingerprint density at radius 2 is 2.12 bits per heavy atom. The molecule has 2 aromatic rings. The lowest BCUT2D eigenvalue weighted by Crippen LogP contribution is -2.21. The molecule has 0 amide bonds. The van der Waals surface area contributed by atoms with Crippen molar-refractivity contribution in [3.05, 3.63) is 45.8 Å². The molecule has 0 radical (unpaired) electrons. The van der Waals surface area contributed by atoms with Crippen LogP contribution in [-0.4, -0.2) is 12.3 Å². The number of rotatable bonds is 3. The number of Topliss-reactive ketones (excluding diaryl/α,β-unsaturated/α-hetero) is 1. The third-order valence-electron chi connectivity index (χ3n) is 2.69. The zero-order chi connectivity index (χ0) is 12.4. The van der Waals surface area contributed by atoms with E-state index < -0.39 is 11.4 Å². The molecule has 1 aromatic carbocycles. The zero-order valence-corrected chi connectivity index (χ0v) is 9.53. The quantitative estimate of drug-likeness (QED) is 0.641. The number of hydrogen-bond donors (Lipinski definition) is 1. The van der Waals surface area contributed by atoms with Gasteiger partial charge in [-0.15, -0.1) is 0 Å². The first kappa shape index (κ1) is 11.5. The van der Waals surface area contributed by atoms with Crippen molar-refractivity contribution in [3.8, 4) is 0 Å². The maximum Gasteiger partial charge on any atom is 0.347 e. The Labute approximate surface area is 98.0 Å². The van der Waals surface area contributed by atoms with Gasteiger partial charge in [-0.2, -0.15) is 0 Å². The number of aryl methyl sites for hydroxylation is 1. The molecule has 2 N–H and O–H groups in total. The molecule has 0 atom stereocenters. The molecule has 17 heavy (non-hydrogen) atoms. The molecule has 0 unspecified atom stereocenters. The summed E-state index contributed by atoms with van der Waals surface area (Å²) in [5.41, 5.74) is 6.25. The van der Waals surface area contributed by atoms with Crippen LogP contribution < -0.4 is 11.4 Å². The first-order valence-corrected chi connectivity index (χ1v) is 5.45. The SMILES string of the molecule is CCc1ccc2oc(=O)c(C(=O)CN)cc2c1. The summed E-state index contributed by atoms with van der Waals surface area (Å²) in [6.07, 6.45) is 0.884. The van der Waals surface area contributed by atoms with Crippen molar-refractivity contribution in [2.45, 2.75) is 13.3 Å². The van der Waals surface area contributed by atoms with Gasteiger partial charge in [0, 0.05) is 5.39 Å². The van der Waals surface area contributed by atoms with E-state index in [2.05, 4.69) is 0 Å². The second-order valence-corrected chi connectivity index (χ2v) is 3.80. The van der Waals surface area contributed by atoms with E-state index in [9.17, 15) is 9.59 Å². The molecule has 0 saturated carbocycles. The number of hydrogen-bond acceptors (Lipinski definition) is 4. The fraction of sp³-hybridized carbons (Fsp3) is 0.231. The highest BCUT2D eigenvalue weighted by atomic mass is 16.4. The van der Waals surface area contributed by atoms with Gasteiger partial charge in [0.1, 0.15) is 11.1 Å². The molecular formula is C13H13NO3. The Balaban J connectivity index is 2.68. The van der Waals surface area contributed by atoms with Gasteiger partial charge in [-0.3, -0.25) is 4.79 Å². The fourth-order valence-electron chi connectivity index (χ4n) is 1.70.